The lowest BCUT2D eigenvalue weighted by Gasteiger charge is -2.40. The largest absolute Gasteiger partial charge is 0.299 e. The van der Waals surface area contributed by atoms with Gasteiger partial charge in [0.2, 0.25) is 0 Å². The van der Waals surface area contributed by atoms with Gasteiger partial charge in [0.25, 0.3) is 0 Å². The number of hydrogen-bond donors (Lipinski definition) is 0. The first-order valence-corrected chi connectivity index (χ1v) is 4.61. The van der Waals surface area contributed by atoms with Gasteiger partial charge in [0, 0.05) is 7.05 Å². The van der Waals surface area contributed by atoms with Crippen molar-refractivity contribution in [3.05, 3.63) is 0 Å². The van der Waals surface area contributed by atoms with E-state index in [1.54, 1.807) is 0 Å². The van der Waals surface area contributed by atoms with E-state index in [2.05, 4.69) is 39.0 Å². The highest BCUT2D eigenvalue weighted by molar-refractivity contribution is 7.92. The lowest BCUT2D eigenvalue weighted by Crippen LogP contribution is -2.49. The maximum atomic E-state index is 5.34. The molecule has 1 saturated heterocycles. The fraction of sp³-hybridized carbons (Fsp3) is 1.00. The zero-order valence-corrected chi connectivity index (χ0v) is 8.79. The summed E-state index contributed by atoms with van der Waals surface area (Å²) in [5.74, 6) is 0. The third-order valence-electron chi connectivity index (χ3n) is 2.82. The van der Waals surface area contributed by atoms with Crippen LogP contribution in [0, 0.1) is 5.41 Å². The van der Waals surface area contributed by atoms with Gasteiger partial charge in [-0.3, -0.25) is 4.18 Å². The Labute approximate surface area is 73.6 Å². The number of likely N-dealkylation sites (N-methyl/N-ethyl adjacent to an activating group) is 1. The molecule has 66 valence electrons. The third-order valence-corrected chi connectivity index (χ3v) is 3.67. The number of nitrogens with zero attached hydrogens (tertiary/aromatic N) is 1. The quantitative estimate of drug-likeness (QED) is 0.414. The standard InChI is InChI=1S/C8H17NOS/c1-7(2,3)8(4)6-10-11-9(8)5/h6H2,1-5H3/t8-/m0/s1. The molecule has 0 aromatic rings. The summed E-state index contributed by atoms with van der Waals surface area (Å²) in [5.41, 5.74) is 0.433. The molecule has 0 radical (unpaired) electrons. The van der Waals surface area contributed by atoms with E-state index >= 15 is 0 Å². The Morgan fingerprint density at radius 1 is 1.45 bits per heavy atom. The Balaban J connectivity index is 2.81. The Kier molecular flexibility index (Phi) is 2.25. The molecule has 1 rings (SSSR count). The topological polar surface area (TPSA) is 12.5 Å². The second kappa shape index (κ2) is 2.64. The second-order valence-corrected chi connectivity index (χ2v) is 5.29. The van der Waals surface area contributed by atoms with Crippen molar-refractivity contribution in [1.29, 1.82) is 0 Å². The van der Waals surface area contributed by atoms with Crippen LogP contribution in [-0.2, 0) is 4.18 Å². The normalized spacial score (nSPS) is 34.6. The maximum Gasteiger partial charge on any atom is 0.0824 e. The van der Waals surface area contributed by atoms with Crippen LogP contribution in [0.25, 0.3) is 0 Å². The van der Waals surface area contributed by atoms with E-state index in [-0.39, 0.29) is 11.0 Å². The summed E-state index contributed by atoms with van der Waals surface area (Å²) in [6.45, 7) is 9.81. The molecule has 0 aromatic carbocycles. The zero-order valence-electron chi connectivity index (χ0n) is 7.97. The molecule has 0 N–H and O–H groups in total. The van der Waals surface area contributed by atoms with Crippen LogP contribution in [0.5, 0.6) is 0 Å². The summed E-state index contributed by atoms with van der Waals surface area (Å²) in [7, 11) is 2.09. The zero-order chi connectivity index (χ0) is 8.70. The van der Waals surface area contributed by atoms with E-state index in [1.807, 2.05) is 0 Å². The molecule has 0 unspecified atom stereocenters. The van der Waals surface area contributed by atoms with Gasteiger partial charge in [-0.15, -0.1) is 0 Å². The molecule has 3 heteroatoms. The fourth-order valence-corrected chi connectivity index (χ4v) is 2.01. The molecule has 0 aliphatic carbocycles. The lowest BCUT2D eigenvalue weighted by atomic mass is 9.75. The van der Waals surface area contributed by atoms with Crippen molar-refractivity contribution < 1.29 is 4.18 Å². The molecular formula is C8H17NOS. The van der Waals surface area contributed by atoms with Crippen molar-refractivity contribution in [1.82, 2.24) is 4.31 Å². The van der Waals surface area contributed by atoms with E-state index in [1.165, 1.54) is 12.2 Å². The molecule has 0 bridgehead atoms. The minimum absolute atomic E-state index is 0.164. The highest BCUT2D eigenvalue weighted by Gasteiger charge is 2.46. The van der Waals surface area contributed by atoms with Crippen LogP contribution >= 0.6 is 12.2 Å². The fourth-order valence-electron chi connectivity index (χ4n) is 1.08. The van der Waals surface area contributed by atoms with Gasteiger partial charge in [-0.1, -0.05) is 20.8 Å². The number of rotatable bonds is 0. The van der Waals surface area contributed by atoms with Crippen LogP contribution in [0.4, 0.5) is 0 Å². The summed E-state index contributed by atoms with van der Waals surface area (Å²) in [6, 6.07) is 0. The van der Waals surface area contributed by atoms with E-state index in [0.29, 0.717) is 0 Å². The van der Waals surface area contributed by atoms with Gasteiger partial charge in [0.05, 0.1) is 24.4 Å². The van der Waals surface area contributed by atoms with Crippen LogP contribution in [-0.4, -0.2) is 23.5 Å². The molecule has 1 aliphatic rings. The Bertz CT molecular complexity index is 155. The molecule has 0 amide bonds. The van der Waals surface area contributed by atoms with Crippen LogP contribution in [0.15, 0.2) is 0 Å². The molecule has 11 heavy (non-hydrogen) atoms. The monoisotopic (exact) mass is 175 g/mol. The van der Waals surface area contributed by atoms with Crippen LogP contribution < -0.4 is 0 Å². The lowest BCUT2D eigenvalue weighted by molar-refractivity contribution is 0.0868. The van der Waals surface area contributed by atoms with Crippen molar-refractivity contribution in [2.24, 2.45) is 5.41 Å². The minimum Gasteiger partial charge on any atom is -0.299 e. The molecule has 1 atom stereocenters. The summed E-state index contributed by atoms with van der Waals surface area (Å²) in [6.07, 6.45) is 0. The first-order valence-electron chi connectivity index (χ1n) is 3.91. The predicted octanol–water partition coefficient (Wildman–Crippen LogP) is 2.32. The summed E-state index contributed by atoms with van der Waals surface area (Å²) in [4.78, 5) is 0. The van der Waals surface area contributed by atoms with Gasteiger partial charge in [-0.2, -0.15) is 0 Å². The molecule has 0 saturated carbocycles. The highest BCUT2D eigenvalue weighted by atomic mass is 32.2. The van der Waals surface area contributed by atoms with Crippen LogP contribution in [0.1, 0.15) is 27.7 Å². The number of hydrogen-bond acceptors (Lipinski definition) is 3. The molecular weight excluding hydrogens is 158 g/mol. The SMILES string of the molecule is CN1SOC[C@@]1(C)C(C)(C)C. The maximum absolute atomic E-state index is 5.34. The van der Waals surface area contributed by atoms with Crippen molar-refractivity contribution in [3.63, 3.8) is 0 Å². The summed E-state index contributed by atoms with van der Waals surface area (Å²) < 4.78 is 7.54. The van der Waals surface area contributed by atoms with Gasteiger partial charge < -0.3 is 0 Å². The van der Waals surface area contributed by atoms with E-state index in [4.69, 9.17) is 4.18 Å². The molecule has 1 aliphatic heterocycles. The van der Waals surface area contributed by atoms with Gasteiger partial charge in [-0.25, -0.2) is 4.31 Å². The molecule has 0 aromatic heterocycles. The van der Waals surface area contributed by atoms with Crippen molar-refractivity contribution in [2.75, 3.05) is 13.7 Å². The van der Waals surface area contributed by atoms with E-state index in [0.717, 1.165) is 6.61 Å². The predicted molar refractivity (Wildman–Crippen MR) is 49.2 cm³/mol. The first kappa shape index (κ1) is 9.36. The highest BCUT2D eigenvalue weighted by Crippen LogP contribution is 2.43. The third kappa shape index (κ3) is 1.42. The average molecular weight is 175 g/mol. The van der Waals surface area contributed by atoms with Gasteiger partial charge >= 0.3 is 0 Å². The van der Waals surface area contributed by atoms with Crippen LogP contribution in [0.3, 0.4) is 0 Å². The van der Waals surface area contributed by atoms with Crippen molar-refractivity contribution >= 4 is 12.2 Å². The summed E-state index contributed by atoms with van der Waals surface area (Å²) >= 11 is 1.46. The van der Waals surface area contributed by atoms with E-state index < -0.39 is 0 Å². The molecule has 1 fully saturated rings. The second-order valence-electron chi connectivity index (χ2n) is 4.36. The van der Waals surface area contributed by atoms with E-state index in [9.17, 15) is 0 Å². The van der Waals surface area contributed by atoms with Crippen molar-refractivity contribution in [3.8, 4) is 0 Å². The average Bonchev–Trinajstić information content (AvgIpc) is 2.12. The minimum atomic E-state index is 0.164. The van der Waals surface area contributed by atoms with Gasteiger partial charge in [-0.05, 0) is 12.3 Å². The summed E-state index contributed by atoms with van der Waals surface area (Å²) in [5, 5.41) is 0. The Morgan fingerprint density at radius 3 is 2.18 bits per heavy atom. The van der Waals surface area contributed by atoms with Crippen molar-refractivity contribution in [2.45, 2.75) is 33.2 Å². The van der Waals surface area contributed by atoms with Gasteiger partial charge in [0.1, 0.15) is 0 Å². The first-order chi connectivity index (χ1) is 4.88. The van der Waals surface area contributed by atoms with Gasteiger partial charge in [0.15, 0.2) is 0 Å². The smallest absolute Gasteiger partial charge is 0.0824 e. The molecule has 2 nitrogen and oxygen atoms in total. The van der Waals surface area contributed by atoms with Crippen LogP contribution in [0.2, 0.25) is 0 Å². The molecule has 0 spiro atoms. The molecule has 1 heterocycles. The Hall–Kier alpha value is 0.270. The Morgan fingerprint density at radius 2 is 2.00 bits per heavy atom.